The summed E-state index contributed by atoms with van der Waals surface area (Å²) >= 11 is 0. The van der Waals surface area contributed by atoms with Gasteiger partial charge in [0.05, 0.1) is 5.52 Å². The smallest absolute Gasteiger partial charge is 0.253 e. The van der Waals surface area contributed by atoms with Crippen molar-refractivity contribution in [2.24, 2.45) is 0 Å². The van der Waals surface area contributed by atoms with Crippen molar-refractivity contribution in [3.8, 4) is 0 Å². The fraction of sp³-hybridized carbons (Fsp3) is 0.333. The summed E-state index contributed by atoms with van der Waals surface area (Å²) in [6.45, 7) is 9.64. The average molecular weight is 539 g/mol. The van der Waals surface area contributed by atoms with Gasteiger partial charge in [0, 0.05) is 60.1 Å². The fourth-order valence-corrected chi connectivity index (χ4v) is 5.50. The highest BCUT2D eigenvalue weighted by Crippen LogP contribution is 2.30. The molecule has 1 aliphatic rings. The maximum Gasteiger partial charge on any atom is 0.253 e. The number of benzene rings is 3. The molecule has 2 atom stereocenters. The van der Waals surface area contributed by atoms with Crippen LogP contribution in [-0.4, -0.2) is 63.3 Å². The van der Waals surface area contributed by atoms with E-state index in [4.69, 9.17) is 0 Å². The highest BCUT2D eigenvalue weighted by molar-refractivity contribution is 5.94. The van der Waals surface area contributed by atoms with Crippen LogP contribution in [-0.2, 0) is 12.0 Å². The Morgan fingerprint density at radius 2 is 1.65 bits per heavy atom. The van der Waals surface area contributed by atoms with Gasteiger partial charge in [-0.2, -0.15) is 0 Å². The number of fused-ring (bicyclic) bond motifs is 1. The van der Waals surface area contributed by atoms with Gasteiger partial charge in [-0.3, -0.25) is 14.7 Å². The minimum atomic E-state index is -1.25. The summed E-state index contributed by atoms with van der Waals surface area (Å²) < 4.78 is 0. The van der Waals surface area contributed by atoms with Gasteiger partial charge in [-0.05, 0) is 61.7 Å². The second kappa shape index (κ2) is 11.8. The van der Waals surface area contributed by atoms with Crippen LogP contribution in [0.3, 0.4) is 0 Å². The Morgan fingerprint density at radius 3 is 2.38 bits per heavy atom. The van der Waals surface area contributed by atoms with E-state index in [0.29, 0.717) is 35.4 Å². The summed E-state index contributed by atoms with van der Waals surface area (Å²) in [5.74, 6) is -0.000556. The third kappa shape index (κ3) is 5.72. The maximum atomic E-state index is 13.3. The number of aliphatic hydroxyl groups excluding tert-OH is 2. The molecule has 4 aromatic rings. The highest BCUT2D eigenvalue weighted by Gasteiger charge is 2.33. The standard InChI is InChI=1S/C33H38N4O3/c1-4-23-8-5-11-26(22-23)33(2,3)37-20-18-36(19-21-37)32(40)25-13-15-27(16-14-25)35-31(39)30(38)28-12-6-9-24-10-7-17-34-29(24)28/h5-17,22,30-31,35,38-39H,4,18-21H2,1-3H3. The number of rotatable bonds is 8. The van der Waals surface area contributed by atoms with Gasteiger partial charge >= 0.3 is 0 Å². The lowest BCUT2D eigenvalue weighted by Gasteiger charge is -2.44. The number of carbonyl (C=O) groups excluding carboxylic acids is 1. The lowest BCUT2D eigenvalue weighted by atomic mass is 9.90. The molecule has 0 radical (unpaired) electrons. The number of carbonyl (C=O) groups is 1. The molecule has 2 unspecified atom stereocenters. The molecule has 1 aliphatic heterocycles. The molecule has 40 heavy (non-hydrogen) atoms. The molecular formula is C33H38N4O3. The molecular weight excluding hydrogens is 500 g/mol. The van der Waals surface area contributed by atoms with Gasteiger partial charge < -0.3 is 20.4 Å². The third-order valence-electron chi connectivity index (χ3n) is 8.13. The van der Waals surface area contributed by atoms with Gasteiger partial charge in [-0.1, -0.05) is 55.5 Å². The van der Waals surface area contributed by atoms with Gasteiger partial charge in [0.2, 0.25) is 0 Å². The van der Waals surface area contributed by atoms with Crippen LogP contribution in [0, 0.1) is 0 Å². The summed E-state index contributed by atoms with van der Waals surface area (Å²) in [5, 5.41) is 25.4. The Balaban J connectivity index is 1.19. The zero-order valence-corrected chi connectivity index (χ0v) is 23.4. The number of para-hydroxylation sites is 1. The number of aliphatic hydroxyl groups is 2. The Bertz CT molecular complexity index is 1460. The molecule has 7 nitrogen and oxygen atoms in total. The number of hydrogen-bond donors (Lipinski definition) is 3. The molecule has 7 heteroatoms. The highest BCUT2D eigenvalue weighted by atomic mass is 16.3. The van der Waals surface area contributed by atoms with Crippen molar-refractivity contribution in [3.63, 3.8) is 0 Å². The van der Waals surface area contributed by atoms with Gasteiger partial charge in [0.15, 0.2) is 6.23 Å². The van der Waals surface area contributed by atoms with Gasteiger partial charge in [0.25, 0.3) is 5.91 Å². The number of aromatic nitrogens is 1. The van der Waals surface area contributed by atoms with Crippen LogP contribution >= 0.6 is 0 Å². The predicted octanol–water partition coefficient (Wildman–Crippen LogP) is 4.95. The van der Waals surface area contributed by atoms with Crippen LogP contribution < -0.4 is 5.32 Å². The first-order valence-electron chi connectivity index (χ1n) is 14.0. The number of piperazine rings is 1. The molecule has 1 saturated heterocycles. The zero-order chi connectivity index (χ0) is 28.3. The summed E-state index contributed by atoms with van der Waals surface area (Å²) in [5.41, 5.74) is 4.94. The lowest BCUT2D eigenvalue weighted by molar-refractivity contribution is 0.0371. The molecule has 2 heterocycles. The van der Waals surface area contributed by atoms with Crippen molar-refractivity contribution >= 4 is 22.5 Å². The Hall–Kier alpha value is -3.78. The Labute approximate surface area is 236 Å². The molecule has 0 aliphatic carbocycles. The number of amides is 1. The minimum absolute atomic E-state index is 0.000556. The molecule has 5 rings (SSSR count). The van der Waals surface area contributed by atoms with E-state index in [-0.39, 0.29) is 11.4 Å². The monoisotopic (exact) mass is 538 g/mol. The topological polar surface area (TPSA) is 88.9 Å². The molecule has 1 fully saturated rings. The molecule has 0 spiro atoms. The average Bonchev–Trinajstić information content (AvgIpc) is 3.00. The first-order chi connectivity index (χ1) is 19.3. The van der Waals surface area contributed by atoms with Crippen LogP contribution in [0.1, 0.15) is 53.9 Å². The van der Waals surface area contributed by atoms with Gasteiger partial charge in [-0.25, -0.2) is 0 Å². The van der Waals surface area contributed by atoms with E-state index in [2.05, 4.69) is 60.2 Å². The minimum Gasteiger partial charge on any atom is -0.384 e. The van der Waals surface area contributed by atoms with Crippen molar-refractivity contribution in [2.45, 2.75) is 45.1 Å². The summed E-state index contributed by atoms with van der Waals surface area (Å²) in [6, 6.07) is 25.1. The lowest BCUT2D eigenvalue weighted by Crippen LogP contribution is -2.54. The molecule has 3 N–H and O–H groups in total. The normalized spacial score (nSPS) is 16.1. The number of hydrogen-bond acceptors (Lipinski definition) is 6. The van der Waals surface area contributed by atoms with Crippen molar-refractivity contribution < 1.29 is 15.0 Å². The number of pyridine rings is 1. The second-order valence-electron chi connectivity index (χ2n) is 10.9. The van der Waals surface area contributed by atoms with Crippen LogP contribution in [0.2, 0.25) is 0 Å². The number of nitrogens with one attached hydrogen (secondary N) is 1. The first kappa shape index (κ1) is 27.8. The maximum absolute atomic E-state index is 13.3. The van der Waals surface area contributed by atoms with Crippen LogP contribution in [0.5, 0.6) is 0 Å². The van der Waals surface area contributed by atoms with E-state index in [1.54, 1.807) is 36.5 Å². The van der Waals surface area contributed by atoms with E-state index >= 15 is 0 Å². The Kier molecular flexibility index (Phi) is 8.17. The van der Waals surface area contributed by atoms with E-state index in [0.717, 1.165) is 24.9 Å². The van der Waals surface area contributed by atoms with Gasteiger partial charge in [0.1, 0.15) is 6.10 Å². The summed E-state index contributed by atoms with van der Waals surface area (Å²) in [4.78, 5) is 22.0. The SMILES string of the molecule is CCc1cccc(C(C)(C)N2CCN(C(=O)c3ccc(NC(O)C(O)c4cccc5cccnc45)cc3)CC2)c1. The van der Waals surface area contributed by atoms with Crippen molar-refractivity contribution in [3.05, 3.63) is 107 Å². The quantitative estimate of drug-likeness (QED) is 0.275. The fourth-order valence-electron chi connectivity index (χ4n) is 5.50. The molecule has 0 bridgehead atoms. The number of nitrogens with zero attached hydrogens (tertiary/aromatic N) is 3. The van der Waals surface area contributed by atoms with E-state index in [1.165, 1.54) is 11.1 Å². The molecule has 3 aromatic carbocycles. The van der Waals surface area contributed by atoms with Gasteiger partial charge in [-0.15, -0.1) is 0 Å². The number of anilines is 1. The predicted molar refractivity (Wildman–Crippen MR) is 159 cm³/mol. The molecule has 0 saturated carbocycles. The van der Waals surface area contributed by atoms with Crippen molar-refractivity contribution in [1.82, 2.24) is 14.8 Å². The van der Waals surface area contributed by atoms with Crippen molar-refractivity contribution in [2.75, 3.05) is 31.5 Å². The second-order valence-corrected chi connectivity index (χ2v) is 10.9. The molecule has 1 amide bonds. The number of aryl methyl sites for hydroxylation is 1. The van der Waals surface area contributed by atoms with E-state index in [1.807, 2.05) is 29.2 Å². The Morgan fingerprint density at radius 1 is 0.950 bits per heavy atom. The van der Waals surface area contributed by atoms with E-state index in [9.17, 15) is 15.0 Å². The van der Waals surface area contributed by atoms with E-state index < -0.39 is 12.3 Å². The largest absolute Gasteiger partial charge is 0.384 e. The summed E-state index contributed by atoms with van der Waals surface area (Å²) in [6.07, 6.45) is 0.260. The van der Waals surface area contributed by atoms with Crippen LogP contribution in [0.25, 0.3) is 10.9 Å². The summed E-state index contributed by atoms with van der Waals surface area (Å²) in [7, 11) is 0. The van der Waals surface area contributed by atoms with Crippen LogP contribution in [0.15, 0.2) is 85.1 Å². The first-order valence-corrected chi connectivity index (χ1v) is 14.0. The third-order valence-corrected chi connectivity index (χ3v) is 8.13. The van der Waals surface area contributed by atoms with Crippen molar-refractivity contribution in [1.29, 1.82) is 0 Å². The van der Waals surface area contributed by atoms with Crippen LogP contribution in [0.4, 0.5) is 5.69 Å². The zero-order valence-electron chi connectivity index (χ0n) is 23.4. The molecule has 1 aromatic heterocycles. The molecule has 208 valence electrons.